The number of hydrogen-bond donors (Lipinski definition) is 2. The zero-order valence-electron chi connectivity index (χ0n) is 12.1. The number of carbonyl (C=O) groups is 2. The molecule has 2 rings (SSSR count). The van der Waals surface area contributed by atoms with Crippen LogP contribution in [-0.2, 0) is 0 Å². The lowest BCUT2D eigenvalue weighted by Crippen LogP contribution is -2.36. The first-order valence-corrected chi connectivity index (χ1v) is 6.86. The topological polar surface area (TPSA) is 69.6 Å². The molecule has 2 amide bonds. The van der Waals surface area contributed by atoms with Crippen LogP contribution in [0, 0.1) is 13.8 Å². The van der Waals surface area contributed by atoms with E-state index in [-0.39, 0.29) is 11.6 Å². The number of amides is 2. The Morgan fingerprint density at radius 2 is 2.00 bits per heavy atom. The Labute approximate surface area is 118 Å². The molecule has 1 aliphatic carbocycles. The predicted molar refractivity (Wildman–Crippen MR) is 77.3 cm³/mol. The Hall–Kier alpha value is -2.04. The first-order valence-electron chi connectivity index (χ1n) is 6.86. The molecule has 0 aromatic heterocycles. The fourth-order valence-electron chi connectivity index (χ4n) is 2.30. The van der Waals surface area contributed by atoms with E-state index in [9.17, 15) is 14.7 Å². The van der Waals surface area contributed by atoms with Crippen molar-refractivity contribution in [1.29, 1.82) is 0 Å². The fraction of sp³-hybridized carbons (Fsp3) is 0.467. The van der Waals surface area contributed by atoms with Crippen LogP contribution in [0.5, 0.6) is 0 Å². The van der Waals surface area contributed by atoms with E-state index in [1.807, 2.05) is 13.8 Å². The van der Waals surface area contributed by atoms with Gasteiger partial charge in [-0.25, -0.2) is 9.59 Å². The zero-order chi connectivity index (χ0) is 14.9. The van der Waals surface area contributed by atoms with Crippen molar-refractivity contribution in [2.75, 3.05) is 11.9 Å². The normalized spacial score (nSPS) is 13.9. The lowest BCUT2D eigenvalue weighted by atomic mass is 10.0. The van der Waals surface area contributed by atoms with Crippen LogP contribution in [0.25, 0.3) is 0 Å². The second kappa shape index (κ2) is 5.53. The predicted octanol–water partition coefficient (Wildman–Crippen LogP) is 3.02. The highest BCUT2D eigenvalue weighted by Gasteiger charge is 2.31. The number of aryl methyl sites for hydroxylation is 1. The van der Waals surface area contributed by atoms with Crippen molar-refractivity contribution in [1.82, 2.24) is 4.90 Å². The minimum atomic E-state index is -0.976. The van der Waals surface area contributed by atoms with Crippen molar-refractivity contribution in [2.24, 2.45) is 0 Å². The van der Waals surface area contributed by atoms with Gasteiger partial charge in [0.05, 0.1) is 5.56 Å². The van der Waals surface area contributed by atoms with E-state index < -0.39 is 5.97 Å². The summed E-state index contributed by atoms with van der Waals surface area (Å²) in [5.74, 6) is -0.976. The lowest BCUT2D eigenvalue weighted by Gasteiger charge is -2.21. The number of urea groups is 1. The Bertz CT molecular complexity index is 550. The Balaban J connectivity index is 2.20. The Morgan fingerprint density at radius 1 is 1.35 bits per heavy atom. The van der Waals surface area contributed by atoms with E-state index in [4.69, 9.17) is 0 Å². The molecule has 0 saturated heterocycles. The average Bonchev–Trinajstić information content (AvgIpc) is 3.18. The van der Waals surface area contributed by atoms with Gasteiger partial charge in [0.15, 0.2) is 0 Å². The van der Waals surface area contributed by atoms with Gasteiger partial charge >= 0.3 is 12.0 Å². The van der Waals surface area contributed by atoms with Gasteiger partial charge in [-0.3, -0.25) is 0 Å². The molecule has 0 heterocycles. The smallest absolute Gasteiger partial charge is 0.336 e. The molecular weight excluding hydrogens is 256 g/mol. The lowest BCUT2D eigenvalue weighted by molar-refractivity contribution is 0.0696. The molecule has 1 aliphatic rings. The molecule has 0 unspecified atom stereocenters. The highest BCUT2D eigenvalue weighted by Crippen LogP contribution is 2.27. The number of benzene rings is 1. The van der Waals surface area contributed by atoms with Crippen LogP contribution in [0.3, 0.4) is 0 Å². The van der Waals surface area contributed by atoms with Gasteiger partial charge in [-0.05, 0) is 56.9 Å². The molecule has 1 saturated carbocycles. The van der Waals surface area contributed by atoms with Gasteiger partial charge in [0, 0.05) is 18.3 Å². The minimum Gasteiger partial charge on any atom is -0.478 e. The van der Waals surface area contributed by atoms with Crippen molar-refractivity contribution in [3.8, 4) is 0 Å². The number of nitrogens with one attached hydrogen (secondary N) is 1. The summed E-state index contributed by atoms with van der Waals surface area (Å²) in [5, 5.41) is 12.0. The van der Waals surface area contributed by atoms with Crippen molar-refractivity contribution in [3.63, 3.8) is 0 Å². The molecule has 0 spiro atoms. The summed E-state index contributed by atoms with van der Waals surface area (Å²) < 4.78 is 0. The molecule has 1 aromatic rings. The van der Waals surface area contributed by atoms with E-state index in [0.717, 1.165) is 24.0 Å². The number of rotatable bonds is 4. The number of anilines is 1. The molecule has 0 radical (unpaired) electrons. The van der Waals surface area contributed by atoms with Gasteiger partial charge in [0.1, 0.15) is 0 Å². The first kappa shape index (κ1) is 14.4. The van der Waals surface area contributed by atoms with Gasteiger partial charge < -0.3 is 15.3 Å². The quantitative estimate of drug-likeness (QED) is 0.888. The van der Waals surface area contributed by atoms with E-state index in [2.05, 4.69) is 5.32 Å². The van der Waals surface area contributed by atoms with E-state index >= 15 is 0 Å². The summed E-state index contributed by atoms with van der Waals surface area (Å²) in [6.45, 7) is 6.22. The van der Waals surface area contributed by atoms with Crippen LogP contribution in [0.1, 0.15) is 41.3 Å². The van der Waals surface area contributed by atoms with Crippen molar-refractivity contribution < 1.29 is 14.7 Å². The highest BCUT2D eigenvalue weighted by molar-refractivity contribution is 5.94. The standard InChI is InChI=1S/C15H20N2O3/c1-4-17(12-5-6-12)15(20)16-11-7-9(2)10(3)13(8-11)14(18)19/h7-8,12H,4-6H2,1-3H3,(H,16,20)(H,18,19). The molecule has 1 aromatic carbocycles. The van der Waals surface area contributed by atoms with E-state index in [1.165, 1.54) is 6.07 Å². The second-order valence-electron chi connectivity index (χ2n) is 5.22. The number of carbonyl (C=O) groups excluding carboxylic acids is 1. The van der Waals surface area contributed by atoms with Crippen LogP contribution >= 0.6 is 0 Å². The van der Waals surface area contributed by atoms with Gasteiger partial charge in [0.2, 0.25) is 0 Å². The third kappa shape index (κ3) is 2.92. The highest BCUT2D eigenvalue weighted by atomic mass is 16.4. The molecule has 5 heteroatoms. The summed E-state index contributed by atoms with van der Waals surface area (Å²) >= 11 is 0. The van der Waals surface area contributed by atoms with Crippen LogP contribution in [0.15, 0.2) is 12.1 Å². The van der Waals surface area contributed by atoms with Crippen molar-refractivity contribution in [2.45, 2.75) is 39.7 Å². The number of carboxylic acid groups (broad SMARTS) is 1. The third-order valence-electron chi connectivity index (χ3n) is 3.74. The number of carboxylic acids is 1. The largest absolute Gasteiger partial charge is 0.478 e. The molecule has 0 bridgehead atoms. The van der Waals surface area contributed by atoms with Gasteiger partial charge in [0.25, 0.3) is 0 Å². The van der Waals surface area contributed by atoms with Gasteiger partial charge in [-0.1, -0.05) is 0 Å². The van der Waals surface area contributed by atoms with Crippen LogP contribution in [0.2, 0.25) is 0 Å². The minimum absolute atomic E-state index is 0.158. The number of aromatic carboxylic acids is 1. The fourth-order valence-corrected chi connectivity index (χ4v) is 2.30. The van der Waals surface area contributed by atoms with E-state index in [0.29, 0.717) is 18.3 Å². The third-order valence-corrected chi connectivity index (χ3v) is 3.74. The summed E-state index contributed by atoms with van der Waals surface area (Å²) in [6.07, 6.45) is 2.10. The molecule has 0 atom stereocenters. The van der Waals surface area contributed by atoms with E-state index in [1.54, 1.807) is 17.9 Å². The Kier molecular flexibility index (Phi) is 3.97. The second-order valence-corrected chi connectivity index (χ2v) is 5.22. The molecule has 0 aliphatic heterocycles. The molecule has 5 nitrogen and oxygen atoms in total. The van der Waals surface area contributed by atoms with Crippen molar-refractivity contribution in [3.05, 3.63) is 28.8 Å². The summed E-state index contributed by atoms with van der Waals surface area (Å²) in [7, 11) is 0. The summed E-state index contributed by atoms with van der Waals surface area (Å²) in [5.41, 5.74) is 2.35. The monoisotopic (exact) mass is 276 g/mol. The van der Waals surface area contributed by atoms with Gasteiger partial charge in [-0.15, -0.1) is 0 Å². The first-order chi connectivity index (χ1) is 9.43. The number of nitrogens with zero attached hydrogens (tertiary/aromatic N) is 1. The van der Waals surface area contributed by atoms with Crippen LogP contribution < -0.4 is 5.32 Å². The summed E-state index contributed by atoms with van der Waals surface area (Å²) in [4.78, 5) is 25.2. The SMILES string of the molecule is CCN(C(=O)Nc1cc(C)c(C)c(C(=O)O)c1)C1CC1. The van der Waals surface area contributed by atoms with Crippen LogP contribution in [0.4, 0.5) is 10.5 Å². The molecular formula is C15H20N2O3. The number of hydrogen-bond acceptors (Lipinski definition) is 2. The average molecular weight is 276 g/mol. The van der Waals surface area contributed by atoms with Gasteiger partial charge in [-0.2, -0.15) is 0 Å². The molecule has 2 N–H and O–H groups in total. The Morgan fingerprint density at radius 3 is 2.50 bits per heavy atom. The maximum Gasteiger partial charge on any atom is 0.336 e. The molecule has 20 heavy (non-hydrogen) atoms. The van der Waals surface area contributed by atoms with Crippen LogP contribution in [-0.4, -0.2) is 34.6 Å². The molecule has 108 valence electrons. The van der Waals surface area contributed by atoms with Crippen molar-refractivity contribution >= 4 is 17.7 Å². The zero-order valence-corrected chi connectivity index (χ0v) is 12.1. The maximum absolute atomic E-state index is 12.2. The maximum atomic E-state index is 12.2. The summed E-state index contributed by atoms with van der Waals surface area (Å²) in [6, 6.07) is 3.50. The molecule has 1 fully saturated rings.